The van der Waals surface area contributed by atoms with Gasteiger partial charge in [-0.05, 0) is 12.1 Å². The molecule has 0 aliphatic carbocycles. The van der Waals surface area contributed by atoms with Crippen LogP contribution in [0.5, 0.6) is 0 Å². The summed E-state index contributed by atoms with van der Waals surface area (Å²) in [5.41, 5.74) is 0.814. The topological polar surface area (TPSA) is 34.9 Å². The van der Waals surface area contributed by atoms with E-state index in [9.17, 15) is 4.79 Å². The average molecular weight is 202 g/mol. The minimum atomic E-state index is 0.0318. The molecule has 15 heavy (non-hydrogen) atoms. The van der Waals surface area contributed by atoms with Crippen LogP contribution in [-0.4, -0.2) is 9.55 Å². The van der Waals surface area contributed by atoms with E-state index in [-0.39, 0.29) is 11.5 Å². The number of para-hydroxylation sites is 1. The van der Waals surface area contributed by atoms with Crippen molar-refractivity contribution < 1.29 is 0 Å². The standard InChI is InChI=1S/C12H14N2O/c1-8(2)11-13-10-7-5-4-6-9(10)12(15)14(11)3/h4-8H,1-3H3. The Balaban J connectivity index is 2.89. The maximum Gasteiger partial charge on any atom is 0.261 e. The molecule has 0 saturated carbocycles. The van der Waals surface area contributed by atoms with Gasteiger partial charge >= 0.3 is 0 Å². The highest BCUT2D eigenvalue weighted by Crippen LogP contribution is 2.13. The van der Waals surface area contributed by atoms with Crippen molar-refractivity contribution in [2.45, 2.75) is 19.8 Å². The number of aromatic nitrogens is 2. The largest absolute Gasteiger partial charge is 0.299 e. The molecule has 3 heteroatoms. The summed E-state index contributed by atoms with van der Waals surface area (Å²) in [7, 11) is 1.77. The molecule has 0 N–H and O–H groups in total. The summed E-state index contributed by atoms with van der Waals surface area (Å²) in [5.74, 6) is 1.09. The maximum atomic E-state index is 12.0. The van der Waals surface area contributed by atoms with Gasteiger partial charge in [-0.15, -0.1) is 0 Å². The first-order valence-electron chi connectivity index (χ1n) is 5.07. The van der Waals surface area contributed by atoms with Crippen LogP contribution in [0.2, 0.25) is 0 Å². The fourth-order valence-electron chi connectivity index (χ4n) is 1.75. The summed E-state index contributed by atoms with van der Waals surface area (Å²) in [6, 6.07) is 7.46. The fraction of sp³-hybridized carbons (Fsp3) is 0.333. The van der Waals surface area contributed by atoms with E-state index in [1.165, 1.54) is 0 Å². The number of nitrogens with zero attached hydrogens (tertiary/aromatic N) is 2. The Bertz CT molecular complexity index is 555. The third kappa shape index (κ3) is 1.54. The fourth-order valence-corrected chi connectivity index (χ4v) is 1.75. The lowest BCUT2D eigenvalue weighted by atomic mass is 10.2. The molecule has 1 aromatic heterocycles. The minimum absolute atomic E-state index is 0.0318. The van der Waals surface area contributed by atoms with Crippen molar-refractivity contribution in [3.8, 4) is 0 Å². The number of hydrogen-bond donors (Lipinski definition) is 0. The van der Waals surface area contributed by atoms with Crippen LogP contribution in [-0.2, 0) is 7.05 Å². The lowest BCUT2D eigenvalue weighted by molar-refractivity contribution is 0.676. The van der Waals surface area contributed by atoms with E-state index in [4.69, 9.17) is 0 Å². The number of fused-ring (bicyclic) bond motifs is 1. The minimum Gasteiger partial charge on any atom is -0.299 e. The van der Waals surface area contributed by atoms with Crippen molar-refractivity contribution in [1.29, 1.82) is 0 Å². The van der Waals surface area contributed by atoms with E-state index in [0.717, 1.165) is 11.3 Å². The summed E-state index contributed by atoms with van der Waals surface area (Å²) in [4.78, 5) is 16.5. The van der Waals surface area contributed by atoms with Gasteiger partial charge in [0.25, 0.3) is 5.56 Å². The SMILES string of the molecule is CC(C)c1nc2ccccc2c(=O)n1C. The molecule has 78 valence electrons. The molecule has 3 nitrogen and oxygen atoms in total. The Morgan fingerprint density at radius 3 is 2.60 bits per heavy atom. The van der Waals surface area contributed by atoms with Gasteiger partial charge in [0.05, 0.1) is 10.9 Å². The predicted octanol–water partition coefficient (Wildman–Crippen LogP) is 2.06. The molecule has 2 rings (SSSR count). The van der Waals surface area contributed by atoms with Gasteiger partial charge in [-0.25, -0.2) is 4.98 Å². The normalized spacial score (nSPS) is 11.2. The van der Waals surface area contributed by atoms with Crippen molar-refractivity contribution in [3.63, 3.8) is 0 Å². The van der Waals surface area contributed by atoms with Gasteiger partial charge in [-0.3, -0.25) is 9.36 Å². The first kappa shape index (κ1) is 9.90. The summed E-state index contributed by atoms with van der Waals surface area (Å²) in [6.07, 6.45) is 0. The van der Waals surface area contributed by atoms with Crippen LogP contribution in [0.15, 0.2) is 29.1 Å². The van der Waals surface area contributed by atoms with Gasteiger partial charge in [-0.1, -0.05) is 26.0 Å². The summed E-state index contributed by atoms with van der Waals surface area (Å²) in [6.45, 7) is 4.08. The Labute approximate surface area is 88.4 Å². The molecule has 0 unspecified atom stereocenters. The Morgan fingerprint density at radius 1 is 1.27 bits per heavy atom. The molecule has 0 bridgehead atoms. The summed E-state index contributed by atoms with van der Waals surface area (Å²) in [5, 5.41) is 0.685. The van der Waals surface area contributed by atoms with Gasteiger partial charge in [0.15, 0.2) is 0 Å². The summed E-state index contributed by atoms with van der Waals surface area (Å²) < 4.78 is 1.63. The monoisotopic (exact) mass is 202 g/mol. The van der Waals surface area contributed by atoms with Crippen LogP contribution in [0.25, 0.3) is 10.9 Å². The second-order valence-corrected chi connectivity index (χ2v) is 4.01. The Hall–Kier alpha value is -1.64. The molecule has 0 aliphatic heterocycles. The van der Waals surface area contributed by atoms with E-state index in [2.05, 4.69) is 4.98 Å². The van der Waals surface area contributed by atoms with Crippen LogP contribution in [0.1, 0.15) is 25.6 Å². The van der Waals surface area contributed by atoms with Gasteiger partial charge in [0, 0.05) is 13.0 Å². The zero-order chi connectivity index (χ0) is 11.0. The molecule has 2 aromatic rings. The second-order valence-electron chi connectivity index (χ2n) is 4.01. The first-order valence-corrected chi connectivity index (χ1v) is 5.07. The molecular weight excluding hydrogens is 188 g/mol. The third-order valence-corrected chi connectivity index (χ3v) is 2.53. The number of benzene rings is 1. The van der Waals surface area contributed by atoms with Crippen LogP contribution < -0.4 is 5.56 Å². The maximum absolute atomic E-state index is 12.0. The predicted molar refractivity (Wildman–Crippen MR) is 61.1 cm³/mol. The molecule has 0 amide bonds. The summed E-state index contributed by atoms with van der Waals surface area (Å²) >= 11 is 0. The molecule has 0 aliphatic rings. The van der Waals surface area contributed by atoms with E-state index >= 15 is 0 Å². The molecule has 0 radical (unpaired) electrons. The van der Waals surface area contributed by atoms with Crippen LogP contribution in [0, 0.1) is 0 Å². The number of hydrogen-bond acceptors (Lipinski definition) is 2. The van der Waals surface area contributed by atoms with Gasteiger partial charge in [0.1, 0.15) is 5.82 Å². The van der Waals surface area contributed by atoms with Crippen LogP contribution >= 0.6 is 0 Å². The molecular formula is C12H14N2O. The average Bonchev–Trinajstić information content (AvgIpc) is 2.23. The van der Waals surface area contributed by atoms with E-state index in [1.54, 1.807) is 11.6 Å². The first-order chi connectivity index (χ1) is 7.11. The third-order valence-electron chi connectivity index (χ3n) is 2.53. The molecule has 1 heterocycles. The molecule has 0 fully saturated rings. The van der Waals surface area contributed by atoms with Crippen LogP contribution in [0.4, 0.5) is 0 Å². The zero-order valence-electron chi connectivity index (χ0n) is 9.19. The van der Waals surface area contributed by atoms with Crippen LogP contribution in [0.3, 0.4) is 0 Å². The quantitative estimate of drug-likeness (QED) is 0.709. The second kappa shape index (κ2) is 3.50. The van der Waals surface area contributed by atoms with Crippen molar-refractivity contribution >= 4 is 10.9 Å². The van der Waals surface area contributed by atoms with Gasteiger partial charge in [0.2, 0.25) is 0 Å². The highest BCUT2D eigenvalue weighted by Gasteiger charge is 2.09. The van der Waals surface area contributed by atoms with E-state index in [1.807, 2.05) is 38.1 Å². The van der Waals surface area contributed by atoms with Crippen molar-refractivity contribution in [1.82, 2.24) is 9.55 Å². The van der Waals surface area contributed by atoms with Gasteiger partial charge in [-0.2, -0.15) is 0 Å². The van der Waals surface area contributed by atoms with E-state index < -0.39 is 0 Å². The molecule has 1 aromatic carbocycles. The molecule has 0 saturated heterocycles. The molecule has 0 spiro atoms. The Kier molecular flexibility index (Phi) is 2.31. The van der Waals surface area contributed by atoms with E-state index in [0.29, 0.717) is 5.39 Å². The lowest BCUT2D eigenvalue weighted by Crippen LogP contribution is -2.22. The number of rotatable bonds is 1. The molecule has 0 atom stereocenters. The Morgan fingerprint density at radius 2 is 1.93 bits per heavy atom. The zero-order valence-corrected chi connectivity index (χ0v) is 9.19. The smallest absolute Gasteiger partial charge is 0.261 e. The van der Waals surface area contributed by atoms with Crippen molar-refractivity contribution in [2.24, 2.45) is 7.05 Å². The van der Waals surface area contributed by atoms with Gasteiger partial charge < -0.3 is 0 Å². The lowest BCUT2D eigenvalue weighted by Gasteiger charge is -2.11. The highest BCUT2D eigenvalue weighted by molar-refractivity contribution is 5.77. The highest BCUT2D eigenvalue weighted by atomic mass is 16.1. The van der Waals surface area contributed by atoms with Crippen molar-refractivity contribution in [3.05, 3.63) is 40.4 Å². The van der Waals surface area contributed by atoms with Crippen molar-refractivity contribution in [2.75, 3.05) is 0 Å².